The van der Waals surface area contributed by atoms with Gasteiger partial charge in [-0.1, -0.05) is 6.07 Å². The molecule has 0 fully saturated rings. The molecule has 0 unspecified atom stereocenters. The highest BCUT2D eigenvalue weighted by Gasteiger charge is 2.07. The lowest BCUT2D eigenvalue weighted by atomic mass is 10.3. The Morgan fingerprint density at radius 2 is 2.04 bits per heavy atom. The van der Waals surface area contributed by atoms with E-state index < -0.39 is 0 Å². The fourth-order valence-corrected chi connectivity index (χ4v) is 2.12. The number of pyridine rings is 1. The van der Waals surface area contributed by atoms with Gasteiger partial charge in [-0.05, 0) is 5.56 Å². The van der Waals surface area contributed by atoms with E-state index in [-0.39, 0.29) is 0 Å². The minimum atomic E-state index is 0.487. The second-order valence-electron chi connectivity index (χ2n) is 4.93. The number of rotatable bonds is 7. The average molecular weight is 314 g/mol. The first kappa shape index (κ1) is 15.2. The summed E-state index contributed by atoms with van der Waals surface area (Å²) >= 11 is 0. The molecule has 23 heavy (non-hydrogen) atoms. The van der Waals surface area contributed by atoms with Crippen LogP contribution in [0.1, 0.15) is 5.56 Å². The standard InChI is InChI=1S/C15H18N6O2/c1-21-15-12(9-20-21)14(18-10-19-15)17-8-11-3-4-13(16-7-11)23-6-5-22-2/h3-4,7,9-10H,5-6,8H2,1-2H3,(H,17,18,19). The van der Waals surface area contributed by atoms with Gasteiger partial charge in [0.2, 0.25) is 5.88 Å². The van der Waals surface area contributed by atoms with Gasteiger partial charge in [0.15, 0.2) is 5.65 Å². The first-order valence-corrected chi connectivity index (χ1v) is 7.21. The Morgan fingerprint density at radius 3 is 2.83 bits per heavy atom. The molecule has 0 atom stereocenters. The topological polar surface area (TPSA) is 87.0 Å². The monoisotopic (exact) mass is 314 g/mol. The molecule has 0 bridgehead atoms. The molecule has 8 nitrogen and oxygen atoms in total. The van der Waals surface area contributed by atoms with Crippen LogP contribution in [0.25, 0.3) is 11.0 Å². The summed E-state index contributed by atoms with van der Waals surface area (Å²) in [6.07, 6.45) is 5.05. The number of fused-ring (bicyclic) bond motifs is 1. The molecule has 120 valence electrons. The van der Waals surface area contributed by atoms with Crippen molar-refractivity contribution < 1.29 is 9.47 Å². The maximum absolute atomic E-state index is 5.44. The highest BCUT2D eigenvalue weighted by atomic mass is 16.5. The molecule has 3 rings (SSSR count). The Hall–Kier alpha value is -2.74. The van der Waals surface area contributed by atoms with Crippen molar-refractivity contribution in [1.29, 1.82) is 0 Å². The van der Waals surface area contributed by atoms with Crippen molar-refractivity contribution in [3.8, 4) is 5.88 Å². The number of nitrogens with zero attached hydrogens (tertiary/aromatic N) is 5. The zero-order chi connectivity index (χ0) is 16.1. The van der Waals surface area contributed by atoms with Crippen LogP contribution in [0.5, 0.6) is 5.88 Å². The van der Waals surface area contributed by atoms with E-state index >= 15 is 0 Å². The van der Waals surface area contributed by atoms with Gasteiger partial charge in [0.05, 0.1) is 18.2 Å². The Balaban J connectivity index is 1.63. The Morgan fingerprint density at radius 1 is 1.13 bits per heavy atom. The van der Waals surface area contributed by atoms with Crippen molar-refractivity contribution in [3.63, 3.8) is 0 Å². The van der Waals surface area contributed by atoms with Gasteiger partial charge in [-0.2, -0.15) is 5.10 Å². The first-order valence-electron chi connectivity index (χ1n) is 7.21. The Labute approximate surface area is 133 Å². The lowest BCUT2D eigenvalue weighted by Gasteiger charge is -2.08. The van der Waals surface area contributed by atoms with E-state index in [0.717, 1.165) is 22.4 Å². The van der Waals surface area contributed by atoms with Crippen molar-refractivity contribution in [1.82, 2.24) is 24.7 Å². The van der Waals surface area contributed by atoms with Crippen LogP contribution < -0.4 is 10.1 Å². The summed E-state index contributed by atoms with van der Waals surface area (Å²) < 4.78 is 12.1. The summed E-state index contributed by atoms with van der Waals surface area (Å²) in [5.74, 6) is 1.34. The third-order valence-electron chi connectivity index (χ3n) is 3.32. The lowest BCUT2D eigenvalue weighted by molar-refractivity contribution is 0.143. The molecule has 3 aromatic heterocycles. The summed E-state index contributed by atoms with van der Waals surface area (Å²) in [6.45, 7) is 1.63. The number of nitrogens with one attached hydrogen (secondary N) is 1. The second-order valence-corrected chi connectivity index (χ2v) is 4.93. The van der Waals surface area contributed by atoms with E-state index in [0.29, 0.717) is 25.6 Å². The van der Waals surface area contributed by atoms with Crippen LogP contribution in [-0.4, -0.2) is 45.1 Å². The van der Waals surface area contributed by atoms with Crippen molar-refractivity contribution in [2.75, 3.05) is 25.6 Å². The molecule has 8 heteroatoms. The molecule has 0 radical (unpaired) electrons. The normalized spacial score (nSPS) is 10.9. The van der Waals surface area contributed by atoms with Gasteiger partial charge in [0.1, 0.15) is 18.8 Å². The zero-order valence-corrected chi connectivity index (χ0v) is 13.1. The largest absolute Gasteiger partial charge is 0.475 e. The summed E-state index contributed by atoms with van der Waals surface area (Å²) in [5, 5.41) is 8.37. The number of ether oxygens (including phenoxy) is 2. The summed E-state index contributed by atoms with van der Waals surface area (Å²) in [4.78, 5) is 12.7. The second kappa shape index (κ2) is 7.01. The van der Waals surface area contributed by atoms with Gasteiger partial charge in [-0.3, -0.25) is 4.68 Å². The number of anilines is 1. The van der Waals surface area contributed by atoms with Crippen LogP contribution in [-0.2, 0) is 18.3 Å². The predicted molar refractivity (Wildman–Crippen MR) is 85.2 cm³/mol. The van der Waals surface area contributed by atoms with Gasteiger partial charge in [-0.25, -0.2) is 15.0 Å². The maximum Gasteiger partial charge on any atom is 0.213 e. The molecule has 0 aliphatic rings. The van der Waals surface area contributed by atoms with Gasteiger partial charge >= 0.3 is 0 Å². The van der Waals surface area contributed by atoms with Crippen LogP contribution in [0.4, 0.5) is 5.82 Å². The summed E-state index contributed by atoms with van der Waals surface area (Å²) in [6, 6.07) is 3.80. The minimum Gasteiger partial charge on any atom is -0.475 e. The minimum absolute atomic E-state index is 0.487. The molecule has 0 aromatic carbocycles. The van der Waals surface area contributed by atoms with Crippen LogP contribution >= 0.6 is 0 Å². The number of aryl methyl sites for hydroxylation is 1. The molecule has 0 spiro atoms. The number of hydrogen-bond donors (Lipinski definition) is 1. The third kappa shape index (κ3) is 3.54. The fourth-order valence-electron chi connectivity index (χ4n) is 2.12. The van der Waals surface area contributed by atoms with Crippen molar-refractivity contribution in [2.24, 2.45) is 7.05 Å². The van der Waals surface area contributed by atoms with E-state index in [1.54, 1.807) is 24.2 Å². The zero-order valence-electron chi connectivity index (χ0n) is 13.1. The molecular formula is C15H18N6O2. The van der Waals surface area contributed by atoms with Gasteiger partial charge < -0.3 is 14.8 Å². The number of methoxy groups -OCH3 is 1. The summed E-state index contributed by atoms with van der Waals surface area (Å²) in [5.41, 5.74) is 1.82. The Bertz CT molecular complexity index is 771. The molecule has 1 N–H and O–H groups in total. The smallest absolute Gasteiger partial charge is 0.213 e. The van der Waals surface area contributed by atoms with Crippen LogP contribution in [0.3, 0.4) is 0 Å². The molecule has 0 aliphatic carbocycles. The van der Waals surface area contributed by atoms with E-state index in [1.165, 1.54) is 6.33 Å². The van der Waals surface area contributed by atoms with Gasteiger partial charge in [0.25, 0.3) is 0 Å². The van der Waals surface area contributed by atoms with Crippen LogP contribution in [0, 0.1) is 0 Å². The lowest BCUT2D eigenvalue weighted by Crippen LogP contribution is -2.06. The molecule has 0 aliphatic heterocycles. The van der Waals surface area contributed by atoms with E-state index in [2.05, 4.69) is 25.4 Å². The predicted octanol–water partition coefficient (Wildman–Crippen LogP) is 1.40. The molecule has 0 amide bonds. The van der Waals surface area contributed by atoms with Crippen molar-refractivity contribution >= 4 is 16.9 Å². The van der Waals surface area contributed by atoms with Crippen molar-refractivity contribution in [3.05, 3.63) is 36.4 Å². The van der Waals surface area contributed by atoms with E-state index in [9.17, 15) is 0 Å². The molecule has 3 heterocycles. The Kier molecular flexibility index (Phi) is 4.62. The van der Waals surface area contributed by atoms with Crippen LogP contribution in [0.2, 0.25) is 0 Å². The maximum atomic E-state index is 5.44. The fraction of sp³-hybridized carbons (Fsp3) is 0.333. The van der Waals surface area contributed by atoms with Crippen molar-refractivity contribution in [2.45, 2.75) is 6.54 Å². The highest BCUT2D eigenvalue weighted by molar-refractivity contribution is 5.85. The number of hydrogen-bond acceptors (Lipinski definition) is 7. The SMILES string of the molecule is COCCOc1ccc(CNc2ncnc3c2cnn3C)cn1. The molecule has 0 saturated heterocycles. The number of aromatic nitrogens is 5. The molecule has 0 saturated carbocycles. The third-order valence-corrected chi connectivity index (χ3v) is 3.32. The molecule has 3 aromatic rings. The van der Waals surface area contributed by atoms with Gasteiger partial charge in [0, 0.05) is 33.0 Å². The van der Waals surface area contributed by atoms with E-state index in [1.807, 2.05) is 19.2 Å². The highest BCUT2D eigenvalue weighted by Crippen LogP contribution is 2.18. The van der Waals surface area contributed by atoms with Crippen LogP contribution in [0.15, 0.2) is 30.9 Å². The van der Waals surface area contributed by atoms with E-state index in [4.69, 9.17) is 9.47 Å². The molecular weight excluding hydrogens is 296 g/mol. The average Bonchev–Trinajstić information content (AvgIpc) is 2.96. The summed E-state index contributed by atoms with van der Waals surface area (Å²) in [7, 11) is 3.49. The quantitative estimate of drug-likeness (QED) is 0.659. The first-order chi connectivity index (χ1) is 11.3. The van der Waals surface area contributed by atoms with Gasteiger partial charge in [-0.15, -0.1) is 0 Å².